The van der Waals surface area contributed by atoms with E-state index in [1.807, 2.05) is 6.92 Å². The maximum Gasteiger partial charge on any atom is 0.239 e. The third-order valence-electron chi connectivity index (χ3n) is 2.49. The fourth-order valence-electron chi connectivity index (χ4n) is 1.51. The SMILES string of the molecule is COCC(N)C(=O)NC(C)CCCC(C)C. The van der Waals surface area contributed by atoms with E-state index >= 15 is 0 Å². The van der Waals surface area contributed by atoms with Crippen molar-refractivity contribution < 1.29 is 9.53 Å². The van der Waals surface area contributed by atoms with Crippen molar-refractivity contribution in [2.75, 3.05) is 13.7 Å². The molecule has 2 unspecified atom stereocenters. The lowest BCUT2D eigenvalue weighted by molar-refractivity contribution is -0.124. The molecule has 2 atom stereocenters. The maximum atomic E-state index is 11.5. The average Bonchev–Trinajstić information content (AvgIpc) is 2.17. The molecule has 0 saturated heterocycles. The first-order valence-corrected chi connectivity index (χ1v) is 6.02. The normalized spacial score (nSPS) is 14.9. The van der Waals surface area contributed by atoms with Gasteiger partial charge in [0, 0.05) is 13.2 Å². The minimum Gasteiger partial charge on any atom is -0.383 e. The maximum absolute atomic E-state index is 11.5. The summed E-state index contributed by atoms with van der Waals surface area (Å²) in [6.07, 6.45) is 3.34. The molecule has 0 saturated carbocycles. The minimum atomic E-state index is -0.558. The molecule has 0 aromatic heterocycles. The highest BCUT2D eigenvalue weighted by atomic mass is 16.5. The van der Waals surface area contributed by atoms with Gasteiger partial charge in [-0.05, 0) is 19.3 Å². The third-order valence-corrected chi connectivity index (χ3v) is 2.49. The average molecular weight is 230 g/mol. The van der Waals surface area contributed by atoms with E-state index in [9.17, 15) is 4.79 Å². The predicted octanol–water partition coefficient (Wildman–Crippen LogP) is 1.29. The van der Waals surface area contributed by atoms with Gasteiger partial charge in [0.05, 0.1) is 6.61 Å². The molecule has 1 amide bonds. The molecular formula is C12H26N2O2. The van der Waals surface area contributed by atoms with E-state index in [0.717, 1.165) is 18.8 Å². The molecule has 0 bridgehead atoms. The summed E-state index contributed by atoms with van der Waals surface area (Å²) in [5.41, 5.74) is 5.62. The van der Waals surface area contributed by atoms with Crippen LogP contribution in [0.4, 0.5) is 0 Å². The van der Waals surface area contributed by atoms with Gasteiger partial charge in [-0.1, -0.05) is 26.7 Å². The van der Waals surface area contributed by atoms with Gasteiger partial charge in [-0.2, -0.15) is 0 Å². The van der Waals surface area contributed by atoms with E-state index in [2.05, 4.69) is 19.2 Å². The van der Waals surface area contributed by atoms with E-state index in [4.69, 9.17) is 10.5 Å². The molecule has 0 heterocycles. The number of methoxy groups -OCH3 is 1. The zero-order valence-corrected chi connectivity index (χ0v) is 11.0. The van der Waals surface area contributed by atoms with Gasteiger partial charge in [-0.3, -0.25) is 4.79 Å². The van der Waals surface area contributed by atoms with Crippen molar-refractivity contribution in [3.8, 4) is 0 Å². The molecule has 0 spiro atoms. The summed E-state index contributed by atoms with van der Waals surface area (Å²) in [7, 11) is 1.54. The molecule has 0 aliphatic rings. The highest BCUT2D eigenvalue weighted by Crippen LogP contribution is 2.08. The molecule has 0 rings (SSSR count). The van der Waals surface area contributed by atoms with Crippen molar-refractivity contribution in [3.05, 3.63) is 0 Å². The van der Waals surface area contributed by atoms with Crippen molar-refractivity contribution in [1.29, 1.82) is 0 Å². The number of hydrogen-bond donors (Lipinski definition) is 2. The topological polar surface area (TPSA) is 64.3 Å². The zero-order chi connectivity index (χ0) is 12.6. The molecule has 0 fully saturated rings. The summed E-state index contributed by atoms with van der Waals surface area (Å²) >= 11 is 0. The van der Waals surface area contributed by atoms with Gasteiger partial charge < -0.3 is 15.8 Å². The fourth-order valence-corrected chi connectivity index (χ4v) is 1.51. The zero-order valence-electron chi connectivity index (χ0n) is 11.0. The highest BCUT2D eigenvalue weighted by Gasteiger charge is 2.15. The Morgan fingerprint density at radius 3 is 2.44 bits per heavy atom. The molecule has 0 aliphatic carbocycles. The monoisotopic (exact) mass is 230 g/mol. The summed E-state index contributed by atoms with van der Waals surface area (Å²) in [5, 5.41) is 2.89. The second kappa shape index (κ2) is 8.53. The Labute approximate surface area is 98.9 Å². The van der Waals surface area contributed by atoms with Crippen LogP contribution in [0.5, 0.6) is 0 Å². The van der Waals surface area contributed by atoms with E-state index in [1.165, 1.54) is 6.42 Å². The van der Waals surface area contributed by atoms with Crippen molar-refractivity contribution >= 4 is 5.91 Å². The number of hydrogen-bond acceptors (Lipinski definition) is 3. The molecule has 0 aromatic carbocycles. The fraction of sp³-hybridized carbons (Fsp3) is 0.917. The standard InChI is InChI=1S/C12H26N2O2/c1-9(2)6-5-7-10(3)14-12(15)11(13)8-16-4/h9-11H,5-8,13H2,1-4H3,(H,14,15). The lowest BCUT2D eigenvalue weighted by atomic mass is 10.0. The number of carbonyl (C=O) groups excluding carboxylic acids is 1. The van der Waals surface area contributed by atoms with Crippen LogP contribution in [-0.2, 0) is 9.53 Å². The van der Waals surface area contributed by atoms with Crippen LogP contribution < -0.4 is 11.1 Å². The van der Waals surface area contributed by atoms with Gasteiger partial charge in [-0.15, -0.1) is 0 Å². The van der Waals surface area contributed by atoms with Crippen LogP contribution in [0, 0.1) is 5.92 Å². The largest absolute Gasteiger partial charge is 0.383 e. The van der Waals surface area contributed by atoms with Crippen LogP contribution in [0.3, 0.4) is 0 Å². The molecule has 0 radical (unpaired) electrons. The molecule has 0 aliphatic heterocycles. The Kier molecular flexibility index (Phi) is 8.21. The number of nitrogens with two attached hydrogens (primary N) is 1. The van der Waals surface area contributed by atoms with Crippen LogP contribution in [0.15, 0.2) is 0 Å². The number of rotatable bonds is 8. The lowest BCUT2D eigenvalue weighted by Crippen LogP contribution is -2.46. The first kappa shape index (κ1) is 15.4. The lowest BCUT2D eigenvalue weighted by Gasteiger charge is -2.17. The molecule has 4 nitrogen and oxygen atoms in total. The smallest absolute Gasteiger partial charge is 0.239 e. The quantitative estimate of drug-likeness (QED) is 0.660. The highest BCUT2D eigenvalue weighted by molar-refractivity contribution is 5.81. The summed E-state index contributed by atoms with van der Waals surface area (Å²) in [5.74, 6) is 0.595. The second-order valence-corrected chi connectivity index (χ2v) is 4.80. The molecule has 3 N–H and O–H groups in total. The van der Waals surface area contributed by atoms with Crippen LogP contribution in [-0.4, -0.2) is 31.7 Å². The predicted molar refractivity (Wildman–Crippen MR) is 66.1 cm³/mol. The van der Waals surface area contributed by atoms with Crippen molar-refractivity contribution in [2.45, 2.75) is 52.1 Å². The molecular weight excluding hydrogens is 204 g/mol. The first-order valence-electron chi connectivity index (χ1n) is 6.02. The number of amides is 1. The van der Waals surface area contributed by atoms with Gasteiger partial charge >= 0.3 is 0 Å². The van der Waals surface area contributed by atoms with E-state index in [-0.39, 0.29) is 18.6 Å². The Morgan fingerprint density at radius 2 is 1.94 bits per heavy atom. The van der Waals surface area contributed by atoms with E-state index in [0.29, 0.717) is 0 Å². The molecule has 96 valence electrons. The van der Waals surface area contributed by atoms with Crippen molar-refractivity contribution in [2.24, 2.45) is 11.7 Å². The summed E-state index contributed by atoms with van der Waals surface area (Å²) in [6, 6.07) is -0.369. The van der Waals surface area contributed by atoms with Gasteiger partial charge in [0.1, 0.15) is 6.04 Å². The Balaban J connectivity index is 3.69. The van der Waals surface area contributed by atoms with Crippen molar-refractivity contribution in [1.82, 2.24) is 5.32 Å². The summed E-state index contributed by atoms with van der Waals surface area (Å²) < 4.78 is 4.83. The van der Waals surface area contributed by atoms with Crippen LogP contribution in [0.2, 0.25) is 0 Å². The molecule has 0 aromatic rings. The van der Waals surface area contributed by atoms with Gasteiger partial charge in [0.2, 0.25) is 5.91 Å². The van der Waals surface area contributed by atoms with Gasteiger partial charge in [0.15, 0.2) is 0 Å². The van der Waals surface area contributed by atoms with Crippen LogP contribution in [0.25, 0.3) is 0 Å². The van der Waals surface area contributed by atoms with Gasteiger partial charge in [-0.25, -0.2) is 0 Å². The number of nitrogens with one attached hydrogen (secondary N) is 1. The third kappa shape index (κ3) is 7.65. The minimum absolute atomic E-state index is 0.126. The number of carbonyl (C=O) groups is 1. The first-order chi connectivity index (χ1) is 7.47. The Bertz CT molecular complexity index is 195. The Hall–Kier alpha value is -0.610. The van der Waals surface area contributed by atoms with Gasteiger partial charge in [0.25, 0.3) is 0 Å². The van der Waals surface area contributed by atoms with Crippen LogP contribution in [0.1, 0.15) is 40.0 Å². The second-order valence-electron chi connectivity index (χ2n) is 4.80. The van der Waals surface area contributed by atoms with E-state index < -0.39 is 6.04 Å². The van der Waals surface area contributed by atoms with Crippen molar-refractivity contribution in [3.63, 3.8) is 0 Å². The Morgan fingerprint density at radius 1 is 1.31 bits per heavy atom. The van der Waals surface area contributed by atoms with E-state index in [1.54, 1.807) is 7.11 Å². The number of ether oxygens (including phenoxy) is 1. The molecule has 16 heavy (non-hydrogen) atoms. The summed E-state index contributed by atoms with van der Waals surface area (Å²) in [6.45, 7) is 6.69. The molecule has 4 heteroatoms. The van der Waals surface area contributed by atoms with Crippen LogP contribution >= 0.6 is 0 Å². The summed E-state index contributed by atoms with van der Waals surface area (Å²) in [4.78, 5) is 11.5.